The standard InChI is InChI=1S/C15H18N2O6S/c1-9-14(18)16-12-8-11(2-3-13(12)23-9)24(21,22)17-6-4-10(5-7-17)15(19)20/h2-3,8-10H,4-7H2,1H3,(H,16,18)(H,19,20)/t9-/m1/s1. The van der Waals surface area contributed by atoms with E-state index in [1.54, 1.807) is 6.92 Å². The van der Waals surface area contributed by atoms with Crippen LogP contribution in [0.1, 0.15) is 19.8 Å². The lowest BCUT2D eigenvalue weighted by atomic mass is 9.99. The first kappa shape index (κ1) is 16.7. The van der Waals surface area contributed by atoms with Crippen molar-refractivity contribution in [2.24, 2.45) is 5.92 Å². The molecular weight excluding hydrogens is 336 g/mol. The quantitative estimate of drug-likeness (QED) is 0.833. The molecule has 1 saturated heterocycles. The van der Waals surface area contributed by atoms with Crippen molar-refractivity contribution in [3.05, 3.63) is 18.2 Å². The van der Waals surface area contributed by atoms with E-state index in [0.29, 0.717) is 11.4 Å². The number of benzene rings is 1. The minimum atomic E-state index is -3.74. The molecule has 0 aromatic heterocycles. The third-order valence-electron chi connectivity index (χ3n) is 4.32. The Labute approximate surface area is 139 Å². The van der Waals surface area contributed by atoms with Crippen molar-refractivity contribution in [2.75, 3.05) is 18.4 Å². The van der Waals surface area contributed by atoms with Gasteiger partial charge in [-0.2, -0.15) is 4.31 Å². The van der Waals surface area contributed by atoms with Crippen molar-refractivity contribution in [2.45, 2.75) is 30.8 Å². The Hall–Kier alpha value is -2.13. The van der Waals surface area contributed by atoms with Gasteiger partial charge >= 0.3 is 5.97 Å². The molecule has 0 radical (unpaired) electrons. The normalized spacial score (nSPS) is 22.4. The van der Waals surface area contributed by atoms with Gasteiger partial charge < -0.3 is 15.2 Å². The van der Waals surface area contributed by atoms with Crippen LogP contribution in [0.3, 0.4) is 0 Å². The summed E-state index contributed by atoms with van der Waals surface area (Å²) in [6, 6.07) is 4.32. The van der Waals surface area contributed by atoms with Crippen LogP contribution in [0.5, 0.6) is 5.75 Å². The highest BCUT2D eigenvalue weighted by Crippen LogP contribution is 2.33. The summed E-state index contributed by atoms with van der Waals surface area (Å²) in [5.41, 5.74) is 0.319. The Morgan fingerprint density at radius 1 is 1.33 bits per heavy atom. The van der Waals surface area contributed by atoms with Crippen molar-refractivity contribution < 1.29 is 27.9 Å². The Morgan fingerprint density at radius 3 is 2.62 bits per heavy atom. The second-order valence-electron chi connectivity index (χ2n) is 5.92. The van der Waals surface area contributed by atoms with Crippen molar-refractivity contribution in [3.63, 3.8) is 0 Å². The third-order valence-corrected chi connectivity index (χ3v) is 6.22. The predicted molar refractivity (Wildman–Crippen MR) is 84.3 cm³/mol. The average Bonchev–Trinajstić information content (AvgIpc) is 2.55. The zero-order chi connectivity index (χ0) is 17.5. The molecule has 2 N–H and O–H groups in total. The SMILES string of the molecule is C[C@H]1Oc2ccc(S(=O)(=O)N3CCC(C(=O)O)CC3)cc2NC1=O. The third kappa shape index (κ3) is 2.96. The molecule has 0 saturated carbocycles. The molecule has 1 fully saturated rings. The second-order valence-corrected chi connectivity index (χ2v) is 7.86. The fourth-order valence-corrected chi connectivity index (χ4v) is 4.34. The van der Waals surface area contributed by atoms with Crippen LogP contribution in [0.15, 0.2) is 23.1 Å². The number of aliphatic carboxylic acids is 1. The molecular formula is C15H18N2O6S. The number of rotatable bonds is 3. The van der Waals surface area contributed by atoms with Crippen LogP contribution in [0.4, 0.5) is 5.69 Å². The largest absolute Gasteiger partial charge is 0.481 e. The number of ether oxygens (including phenoxy) is 1. The number of carbonyl (C=O) groups is 2. The highest BCUT2D eigenvalue weighted by Gasteiger charge is 2.33. The second kappa shape index (κ2) is 6.06. The van der Waals surface area contributed by atoms with Gasteiger partial charge in [-0.05, 0) is 38.0 Å². The number of hydrogen-bond acceptors (Lipinski definition) is 5. The van der Waals surface area contributed by atoms with Gasteiger partial charge in [0.25, 0.3) is 5.91 Å². The van der Waals surface area contributed by atoms with E-state index in [4.69, 9.17) is 9.84 Å². The smallest absolute Gasteiger partial charge is 0.306 e. The molecule has 1 aromatic carbocycles. The number of carboxylic acids is 1. The molecule has 1 aromatic rings. The minimum absolute atomic E-state index is 0.0495. The number of anilines is 1. The lowest BCUT2D eigenvalue weighted by molar-refractivity contribution is -0.142. The number of piperidine rings is 1. The topological polar surface area (TPSA) is 113 Å². The van der Waals surface area contributed by atoms with Crippen molar-refractivity contribution >= 4 is 27.6 Å². The van der Waals surface area contributed by atoms with Crippen LogP contribution in [-0.4, -0.2) is 48.9 Å². The van der Waals surface area contributed by atoms with E-state index >= 15 is 0 Å². The predicted octanol–water partition coefficient (Wildman–Crippen LogP) is 0.891. The lowest BCUT2D eigenvalue weighted by Gasteiger charge is -2.30. The van der Waals surface area contributed by atoms with Gasteiger partial charge in [-0.1, -0.05) is 0 Å². The maximum Gasteiger partial charge on any atom is 0.306 e. The molecule has 1 atom stereocenters. The summed E-state index contributed by atoms with van der Waals surface area (Å²) in [7, 11) is -3.74. The van der Waals surface area contributed by atoms with Crippen molar-refractivity contribution in [1.29, 1.82) is 0 Å². The molecule has 0 bridgehead atoms. The van der Waals surface area contributed by atoms with Crippen LogP contribution in [-0.2, 0) is 19.6 Å². The van der Waals surface area contributed by atoms with Crippen LogP contribution in [0, 0.1) is 5.92 Å². The number of fused-ring (bicyclic) bond motifs is 1. The Kier molecular flexibility index (Phi) is 4.22. The fourth-order valence-electron chi connectivity index (χ4n) is 2.84. The molecule has 2 aliphatic heterocycles. The Balaban J connectivity index is 1.82. The van der Waals surface area contributed by atoms with E-state index in [9.17, 15) is 18.0 Å². The zero-order valence-electron chi connectivity index (χ0n) is 13.1. The molecule has 8 nitrogen and oxygen atoms in total. The first-order valence-corrected chi connectivity index (χ1v) is 9.07. The average molecular weight is 354 g/mol. The maximum atomic E-state index is 12.7. The Bertz CT molecular complexity index is 783. The van der Waals surface area contributed by atoms with Gasteiger partial charge in [0, 0.05) is 13.1 Å². The molecule has 1 amide bonds. The minimum Gasteiger partial charge on any atom is -0.481 e. The number of sulfonamides is 1. The van der Waals surface area contributed by atoms with Crippen molar-refractivity contribution in [1.82, 2.24) is 4.31 Å². The fraction of sp³-hybridized carbons (Fsp3) is 0.467. The van der Waals surface area contributed by atoms with E-state index in [-0.39, 0.29) is 36.7 Å². The number of carbonyl (C=O) groups excluding carboxylic acids is 1. The van der Waals surface area contributed by atoms with E-state index in [1.165, 1.54) is 22.5 Å². The van der Waals surface area contributed by atoms with Gasteiger partial charge in [0.2, 0.25) is 10.0 Å². The molecule has 3 rings (SSSR count). The van der Waals surface area contributed by atoms with Crippen LogP contribution in [0.25, 0.3) is 0 Å². The maximum absolute atomic E-state index is 12.7. The van der Waals surface area contributed by atoms with Gasteiger partial charge in [0.05, 0.1) is 16.5 Å². The number of nitrogens with one attached hydrogen (secondary N) is 1. The molecule has 0 aliphatic carbocycles. The molecule has 0 spiro atoms. The summed E-state index contributed by atoms with van der Waals surface area (Å²) < 4.78 is 32.1. The van der Waals surface area contributed by atoms with Gasteiger partial charge in [-0.25, -0.2) is 8.42 Å². The lowest BCUT2D eigenvalue weighted by Crippen LogP contribution is -2.40. The Morgan fingerprint density at radius 2 is 2.00 bits per heavy atom. The summed E-state index contributed by atoms with van der Waals surface area (Å²) in [5, 5.41) is 11.6. The number of nitrogens with zero attached hydrogens (tertiary/aromatic N) is 1. The molecule has 130 valence electrons. The van der Waals surface area contributed by atoms with Crippen LogP contribution in [0.2, 0.25) is 0 Å². The van der Waals surface area contributed by atoms with E-state index < -0.39 is 28.0 Å². The number of hydrogen-bond donors (Lipinski definition) is 2. The zero-order valence-corrected chi connectivity index (χ0v) is 13.9. The van der Waals surface area contributed by atoms with E-state index in [1.807, 2.05) is 0 Å². The molecule has 9 heteroatoms. The molecule has 24 heavy (non-hydrogen) atoms. The number of amides is 1. The first-order chi connectivity index (χ1) is 11.3. The highest BCUT2D eigenvalue weighted by atomic mass is 32.2. The van der Waals surface area contributed by atoms with Gasteiger partial charge in [0.15, 0.2) is 6.10 Å². The summed E-state index contributed by atoms with van der Waals surface area (Å²) in [6.07, 6.45) is -0.0525. The highest BCUT2D eigenvalue weighted by molar-refractivity contribution is 7.89. The molecule has 2 heterocycles. The summed E-state index contributed by atoms with van der Waals surface area (Å²) in [5.74, 6) is -1.31. The van der Waals surface area contributed by atoms with Crippen LogP contribution >= 0.6 is 0 Å². The van der Waals surface area contributed by atoms with Crippen LogP contribution < -0.4 is 10.1 Å². The molecule has 2 aliphatic rings. The number of carboxylic acid groups (broad SMARTS) is 1. The van der Waals surface area contributed by atoms with Gasteiger partial charge in [0.1, 0.15) is 5.75 Å². The monoisotopic (exact) mass is 354 g/mol. The summed E-state index contributed by atoms with van der Waals surface area (Å²) >= 11 is 0. The molecule has 0 unspecified atom stereocenters. The van der Waals surface area contributed by atoms with E-state index in [2.05, 4.69) is 5.32 Å². The van der Waals surface area contributed by atoms with Gasteiger partial charge in [-0.3, -0.25) is 9.59 Å². The summed E-state index contributed by atoms with van der Waals surface area (Å²) in [6.45, 7) is 1.93. The first-order valence-electron chi connectivity index (χ1n) is 7.63. The van der Waals surface area contributed by atoms with Gasteiger partial charge in [-0.15, -0.1) is 0 Å². The van der Waals surface area contributed by atoms with Crippen molar-refractivity contribution in [3.8, 4) is 5.75 Å². The summed E-state index contributed by atoms with van der Waals surface area (Å²) in [4.78, 5) is 22.7. The van der Waals surface area contributed by atoms with E-state index in [0.717, 1.165) is 0 Å².